The van der Waals surface area contributed by atoms with Crippen molar-refractivity contribution in [3.05, 3.63) is 12.4 Å². The summed E-state index contributed by atoms with van der Waals surface area (Å²) in [6.07, 6.45) is 3.23. The molecule has 8 heteroatoms. The van der Waals surface area contributed by atoms with Gasteiger partial charge in [0.25, 0.3) is 0 Å². The van der Waals surface area contributed by atoms with Crippen LogP contribution in [0, 0.1) is 0 Å². The quantitative estimate of drug-likeness (QED) is 0.448. The van der Waals surface area contributed by atoms with E-state index in [0.717, 1.165) is 0 Å². The van der Waals surface area contributed by atoms with Crippen LogP contribution in [0.15, 0.2) is 22.7 Å². The fourth-order valence-corrected chi connectivity index (χ4v) is 2.84. The number of oxime groups is 1. The number of alkyl halides is 3. The van der Waals surface area contributed by atoms with E-state index in [4.69, 9.17) is 40.0 Å². The number of halogens is 3. The second-order valence-corrected chi connectivity index (χ2v) is 6.02. The summed E-state index contributed by atoms with van der Waals surface area (Å²) in [5, 5.41) is 12.0. The summed E-state index contributed by atoms with van der Waals surface area (Å²) in [4.78, 5) is 4.02. The zero-order chi connectivity index (χ0) is 10.3. The first kappa shape index (κ1) is 10.4. The third kappa shape index (κ3) is 1.58. The molecule has 1 aliphatic rings. The average molecular weight is 273 g/mol. The fraction of sp³-hybridized carbons (Fsp3) is 0.333. The molecule has 0 fully saturated rings. The summed E-state index contributed by atoms with van der Waals surface area (Å²) < 4.78 is 0.0597. The Morgan fingerprint density at radius 1 is 1.57 bits per heavy atom. The van der Waals surface area contributed by atoms with Crippen LogP contribution in [-0.2, 0) is 0 Å². The van der Waals surface area contributed by atoms with Crippen LogP contribution in [0.3, 0.4) is 0 Å². The van der Waals surface area contributed by atoms with E-state index >= 15 is 0 Å². The van der Waals surface area contributed by atoms with Crippen LogP contribution in [0.5, 0.6) is 0 Å². The summed E-state index contributed by atoms with van der Waals surface area (Å²) in [5.41, 5.74) is 0. The third-order valence-corrected chi connectivity index (χ3v) is 4.07. The largest absolute Gasteiger partial charge is 0.409 e. The molecule has 14 heavy (non-hydrogen) atoms. The van der Waals surface area contributed by atoms with Crippen molar-refractivity contribution in [2.24, 2.45) is 5.16 Å². The Balaban J connectivity index is 2.42. The topological polar surface area (TPSA) is 50.4 Å². The van der Waals surface area contributed by atoms with Gasteiger partial charge in [-0.05, 0) is 0 Å². The molecule has 0 aliphatic carbocycles. The highest BCUT2D eigenvalue weighted by Crippen LogP contribution is 2.44. The molecule has 0 saturated heterocycles. The Kier molecular flexibility index (Phi) is 2.59. The van der Waals surface area contributed by atoms with E-state index < -0.39 is 9.04 Å². The molecule has 0 spiro atoms. The van der Waals surface area contributed by atoms with Crippen molar-refractivity contribution in [3.8, 4) is 0 Å². The van der Waals surface area contributed by atoms with Gasteiger partial charge in [0.05, 0.1) is 0 Å². The molecule has 2 rings (SSSR count). The van der Waals surface area contributed by atoms with Crippen molar-refractivity contribution < 1.29 is 5.21 Å². The maximum absolute atomic E-state index is 8.82. The van der Waals surface area contributed by atoms with Gasteiger partial charge in [-0.3, -0.25) is 4.57 Å². The molecule has 0 bridgehead atoms. The van der Waals surface area contributed by atoms with Gasteiger partial charge in [0.15, 0.2) is 11.0 Å². The van der Waals surface area contributed by atoms with E-state index in [2.05, 4.69) is 10.1 Å². The highest BCUT2D eigenvalue weighted by atomic mass is 35.6. The van der Waals surface area contributed by atoms with Gasteiger partial charge < -0.3 is 5.21 Å². The zero-order valence-electron chi connectivity index (χ0n) is 6.56. The summed E-state index contributed by atoms with van der Waals surface area (Å²) in [6, 6.07) is 0. The number of nitrogens with zero attached hydrogens (tertiary/aromatic N) is 3. The van der Waals surface area contributed by atoms with E-state index in [-0.39, 0.29) is 5.84 Å². The Morgan fingerprint density at radius 2 is 2.29 bits per heavy atom. The maximum atomic E-state index is 8.82. The lowest BCUT2D eigenvalue weighted by molar-refractivity contribution is 0.315. The predicted octanol–water partition coefficient (Wildman–Crippen LogP) is 2.36. The first-order chi connectivity index (χ1) is 6.54. The first-order valence-corrected chi connectivity index (χ1v) is 5.54. The summed E-state index contributed by atoms with van der Waals surface area (Å²) >= 11 is 18.5. The number of imidazole rings is 1. The summed E-state index contributed by atoms with van der Waals surface area (Å²) in [7, 11) is 0. The molecule has 1 N–H and O–H groups in total. The molecule has 1 aromatic heterocycles. The van der Waals surface area contributed by atoms with Crippen LogP contribution in [0.25, 0.3) is 0 Å². The molecule has 1 aliphatic heterocycles. The number of hydrogen-bond acceptors (Lipinski definition) is 4. The van der Waals surface area contributed by atoms with Gasteiger partial charge >= 0.3 is 0 Å². The van der Waals surface area contributed by atoms with Crippen molar-refractivity contribution in [3.63, 3.8) is 0 Å². The fourth-order valence-electron chi connectivity index (χ4n) is 1.15. The van der Waals surface area contributed by atoms with Crippen LogP contribution in [-0.4, -0.2) is 29.6 Å². The number of rotatable bonds is 0. The highest BCUT2D eigenvalue weighted by molar-refractivity contribution is 8.01. The molecule has 76 valence electrons. The normalized spacial score (nSPS) is 24.2. The molecular weight excluding hydrogens is 269 g/mol. The van der Waals surface area contributed by atoms with Gasteiger partial charge in [0.1, 0.15) is 5.25 Å². The maximum Gasteiger partial charge on any atom is 0.209 e. The highest BCUT2D eigenvalue weighted by Gasteiger charge is 2.44. The van der Waals surface area contributed by atoms with Gasteiger partial charge in [0, 0.05) is 12.4 Å². The smallest absolute Gasteiger partial charge is 0.209 e. The van der Waals surface area contributed by atoms with E-state index in [9.17, 15) is 0 Å². The van der Waals surface area contributed by atoms with E-state index in [1.54, 1.807) is 17.0 Å². The molecule has 0 saturated carbocycles. The van der Waals surface area contributed by atoms with E-state index in [1.807, 2.05) is 0 Å². The Hall–Kier alpha value is -0.100. The number of fused-ring (bicyclic) bond motifs is 1. The molecule has 0 radical (unpaired) electrons. The molecule has 0 amide bonds. The number of aromatic nitrogens is 2. The Bertz CT molecular complexity index is 386. The van der Waals surface area contributed by atoms with Crippen LogP contribution in [0.4, 0.5) is 0 Å². The van der Waals surface area contributed by atoms with Crippen LogP contribution in [0.2, 0.25) is 0 Å². The predicted molar refractivity (Wildman–Crippen MR) is 56.8 cm³/mol. The minimum absolute atomic E-state index is 0.280. The monoisotopic (exact) mass is 271 g/mol. The van der Waals surface area contributed by atoms with E-state index in [0.29, 0.717) is 5.16 Å². The Morgan fingerprint density at radius 3 is 2.86 bits per heavy atom. The molecule has 1 aromatic rings. The molecule has 1 atom stereocenters. The standard InChI is InChI=1S/C6H4Cl3N3OS/c7-6(8,9)3-4(11-13)12-2-1-10-5(12)14-3/h1-3,13H. The second kappa shape index (κ2) is 3.48. The van der Waals surface area contributed by atoms with Crippen molar-refractivity contribution in [2.75, 3.05) is 0 Å². The van der Waals surface area contributed by atoms with E-state index in [1.165, 1.54) is 11.8 Å². The van der Waals surface area contributed by atoms with Crippen molar-refractivity contribution >= 4 is 52.4 Å². The van der Waals surface area contributed by atoms with Crippen LogP contribution < -0.4 is 0 Å². The zero-order valence-corrected chi connectivity index (χ0v) is 9.65. The molecule has 2 heterocycles. The van der Waals surface area contributed by atoms with Gasteiger partial charge in [-0.1, -0.05) is 51.7 Å². The number of hydrogen-bond donors (Lipinski definition) is 1. The molecule has 0 aromatic carbocycles. The molecule has 4 nitrogen and oxygen atoms in total. The minimum Gasteiger partial charge on any atom is -0.409 e. The number of thioether (sulfide) groups is 1. The second-order valence-electron chi connectivity index (χ2n) is 2.58. The van der Waals surface area contributed by atoms with Crippen LogP contribution >= 0.6 is 46.6 Å². The lowest BCUT2D eigenvalue weighted by Crippen LogP contribution is -2.30. The van der Waals surface area contributed by atoms with Gasteiger partial charge in [-0.15, -0.1) is 0 Å². The minimum atomic E-state index is -1.52. The lowest BCUT2D eigenvalue weighted by atomic mass is 10.4. The van der Waals surface area contributed by atoms with Crippen molar-refractivity contribution in [1.29, 1.82) is 0 Å². The molecular formula is C6H4Cl3N3OS. The SMILES string of the molecule is ON=C1C(C(Cl)(Cl)Cl)Sc2nccn21. The van der Waals surface area contributed by atoms with Gasteiger partial charge in [-0.2, -0.15) is 0 Å². The average Bonchev–Trinajstić information content (AvgIpc) is 2.58. The summed E-state index contributed by atoms with van der Waals surface area (Å²) in [5.74, 6) is 0.280. The summed E-state index contributed by atoms with van der Waals surface area (Å²) in [6.45, 7) is 0. The third-order valence-electron chi connectivity index (χ3n) is 1.71. The Labute approximate surface area is 98.8 Å². The molecule has 1 unspecified atom stereocenters. The van der Waals surface area contributed by atoms with Crippen molar-refractivity contribution in [2.45, 2.75) is 14.2 Å². The first-order valence-electron chi connectivity index (χ1n) is 3.53. The van der Waals surface area contributed by atoms with Crippen LogP contribution in [0.1, 0.15) is 0 Å². The van der Waals surface area contributed by atoms with Gasteiger partial charge in [-0.25, -0.2) is 4.98 Å². The van der Waals surface area contributed by atoms with Gasteiger partial charge in [0.2, 0.25) is 3.79 Å². The lowest BCUT2D eigenvalue weighted by Gasteiger charge is -2.17. The van der Waals surface area contributed by atoms with Crippen molar-refractivity contribution in [1.82, 2.24) is 9.55 Å².